The maximum absolute atomic E-state index is 12.5. The summed E-state index contributed by atoms with van der Waals surface area (Å²) in [6, 6.07) is 2.60. The van der Waals surface area contributed by atoms with Gasteiger partial charge in [-0.1, -0.05) is 18.2 Å². The second-order valence-electron chi connectivity index (χ2n) is 8.43. The Labute approximate surface area is 202 Å². The lowest BCUT2D eigenvalue weighted by Crippen LogP contribution is -2.56. The normalized spacial score (nSPS) is 15.2. The van der Waals surface area contributed by atoms with Crippen molar-refractivity contribution in [3.05, 3.63) is 36.0 Å². The first kappa shape index (κ1) is 27.3. The molecule has 0 saturated carbocycles. The van der Waals surface area contributed by atoms with Crippen LogP contribution in [0.3, 0.4) is 0 Å². The van der Waals surface area contributed by atoms with Crippen molar-refractivity contribution in [1.82, 2.24) is 26.3 Å². The number of aliphatic carboxylic acids is 1. The molecule has 0 saturated heterocycles. The third-order valence-corrected chi connectivity index (χ3v) is 5.44. The third-order valence-electron chi connectivity index (χ3n) is 5.44. The number of H-pyrrole nitrogens is 1. The van der Waals surface area contributed by atoms with Gasteiger partial charge in [-0.3, -0.25) is 24.0 Å². The minimum absolute atomic E-state index is 0.267. The molecule has 35 heavy (non-hydrogen) atoms. The molecule has 1 heterocycles. The van der Waals surface area contributed by atoms with Crippen LogP contribution in [0.15, 0.2) is 30.5 Å². The zero-order chi connectivity index (χ0) is 26.3. The van der Waals surface area contributed by atoms with E-state index in [4.69, 9.17) is 10.8 Å². The number of benzene rings is 1. The molecular formula is C23H32N6O6. The molecule has 0 radical (unpaired) electrons. The second-order valence-corrected chi connectivity index (χ2v) is 8.43. The summed E-state index contributed by atoms with van der Waals surface area (Å²) >= 11 is 0. The molecule has 0 aliphatic carbocycles. The summed E-state index contributed by atoms with van der Waals surface area (Å²) in [5.74, 6) is -3.69. The molecule has 1 aromatic heterocycles. The van der Waals surface area contributed by atoms with Gasteiger partial charge in [0.2, 0.25) is 23.6 Å². The van der Waals surface area contributed by atoms with E-state index in [0.29, 0.717) is 0 Å². The van der Waals surface area contributed by atoms with Crippen molar-refractivity contribution in [3.8, 4) is 0 Å². The lowest BCUT2D eigenvalue weighted by molar-refractivity contribution is -0.141. The number of nitrogens with two attached hydrogens (primary N) is 1. The van der Waals surface area contributed by atoms with E-state index < -0.39 is 59.8 Å². The Hall–Kier alpha value is -3.93. The van der Waals surface area contributed by atoms with Crippen molar-refractivity contribution < 1.29 is 29.1 Å². The Kier molecular flexibility index (Phi) is 9.34. The molecule has 12 nitrogen and oxygen atoms in total. The van der Waals surface area contributed by atoms with Gasteiger partial charge in [0.25, 0.3) is 0 Å². The SMILES string of the molecule is C[C@H](NC(=O)[C@H](C)NC(=O)[C@H](C)NC(=O)[C@H](C)NC(=O)[C@@H](N)Cc1c[nH]c2ccccc12)C(=O)O. The van der Waals surface area contributed by atoms with E-state index in [1.54, 1.807) is 6.20 Å². The monoisotopic (exact) mass is 488 g/mol. The Morgan fingerprint density at radius 1 is 0.800 bits per heavy atom. The zero-order valence-electron chi connectivity index (χ0n) is 20.0. The predicted octanol–water partition coefficient (Wildman–Crippen LogP) is -0.859. The minimum atomic E-state index is -1.21. The second kappa shape index (κ2) is 12.0. The Morgan fingerprint density at radius 2 is 1.26 bits per heavy atom. The van der Waals surface area contributed by atoms with Crippen molar-refractivity contribution >= 4 is 40.5 Å². The number of amides is 4. The molecule has 0 aliphatic rings. The van der Waals surface area contributed by atoms with E-state index in [9.17, 15) is 24.0 Å². The van der Waals surface area contributed by atoms with Crippen LogP contribution in [-0.4, -0.2) is 69.9 Å². The zero-order valence-corrected chi connectivity index (χ0v) is 20.0. The molecule has 0 unspecified atom stereocenters. The molecule has 4 amide bonds. The summed E-state index contributed by atoms with van der Waals surface area (Å²) in [5, 5.41) is 19.4. The van der Waals surface area contributed by atoms with Crippen LogP contribution in [0.25, 0.3) is 10.9 Å². The van der Waals surface area contributed by atoms with Crippen LogP contribution in [0.5, 0.6) is 0 Å². The first-order valence-corrected chi connectivity index (χ1v) is 11.2. The number of rotatable bonds is 11. The summed E-state index contributed by atoms with van der Waals surface area (Å²) in [6.45, 7) is 5.54. The minimum Gasteiger partial charge on any atom is -0.480 e. The van der Waals surface area contributed by atoms with Crippen LogP contribution >= 0.6 is 0 Å². The maximum Gasteiger partial charge on any atom is 0.325 e. The molecule has 0 aliphatic heterocycles. The highest BCUT2D eigenvalue weighted by Crippen LogP contribution is 2.18. The molecule has 2 rings (SSSR count). The van der Waals surface area contributed by atoms with Crippen LogP contribution in [-0.2, 0) is 30.4 Å². The van der Waals surface area contributed by atoms with Gasteiger partial charge in [0.1, 0.15) is 24.2 Å². The molecule has 0 spiro atoms. The fourth-order valence-corrected chi connectivity index (χ4v) is 3.22. The number of carbonyl (C=O) groups excluding carboxylic acids is 4. The number of aromatic amines is 1. The molecule has 190 valence electrons. The molecule has 2 aromatic rings. The van der Waals surface area contributed by atoms with Gasteiger partial charge in [0.05, 0.1) is 6.04 Å². The van der Waals surface area contributed by atoms with Crippen molar-refractivity contribution in [1.29, 1.82) is 0 Å². The number of carboxylic acids is 1. The number of carbonyl (C=O) groups is 5. The first-order valence-electron chi connectivity index (χ1n) is 11.2. The number of aromatic nitrogens is 1. The van der Waals surface area contributed by atoms with E-state index in [1.807, 2.05) is 24.3 Å². The molecule has 5 atom stereocenters. The highest BCUT2D eigenvalue weighted by atomic mass is 16.4. The summed E-state index contributed by atoms with van der Waals surface area (Å²) in [5.41, 5.74) is 7.84. The maximum atomic E-state index is 12.5. The molecule has 1 aromatic carbocycles. The van der Waals surface area contributed by atoms with Crippen molar-refractivity contribution in [2.24, 2.45) is 5.73 Å². The number of fused-ring (bicyclic) bond motifs is 1. The average molecular weight is 489 g/mol. The fraction of sp³-hybridized carbons (Fsp3) is 0.435. The average Bonchev–Trinajstić information content (AvgIpc) is 3.21. The smallest absolute Gasteiger partial charge is 0.325 e. The number of hydrogen-bond donors (Lipinski definition) is 7. The first-order chi connectivity index (χ1) is 16.4. The fourth-order valence-electron chi connectivity index (χ4n) is 3.22. The quantitative estimate of drug-likeness (QED) is 0.214. The molecule has 0 bridgehead atoms. The van der Waals surface area contributed by atoms with E-state index in [1.165, 1.54) is 27.7 Å². The third kappa shape index (κ3) is 7.54. The predicted molar refractivity (Wildman–Crippen MR) is 128 cm³/mol. The van der Waals surface area contributed by atoms with Crippen molar-refractivity contribution in [2.75, 3.05) is 0 Å². The molecule has 0 fully saturated rings. The Bertz CT molecular complexity index is 1100. The highest BCUT2D eigenvalue weighted by Gasteiger charge is 2.26. The van der Waals surface area contributed by atoms with E-state index in [0.717, 1.165) is 16.5 Å². The van der Waals surface area contributed by atoms with Gasteiger partial charge in [0, 0.05) is 17.1 Å². The molecular weight excluding hydrogens is 456 g/mol. The number of hydrogen-bond acceptors (Lipinski definition) is 6. The van der Waals surface area contributed by atoms with E-state index in [2.05, 4.69) is 26.3 Å². The van der Waals surface area contributed by atoms with Gasteiger partial charge in [-0.2, -0.15) is 0 Å². The lowest BCUT2D eigenvalue weighted by atomic mass is 10.0. The van der Waals surface area contributed by atoms with Gasteiger partial charge >= 0.3 is 5.97 Å². The molecule has 8 N–H and O–H groups in total. The topological polar surface area (TPSA) is 196 Å². The van der Waals surface area contributed by atoms with E-state index in [-0.39, 0.29) is 6.42 Å². The largest absolute Gasteiger partial charge is 0.480 e. The summed E-state index contributed by atoms with van der Waals surface area (Å²) < 4.78 is 0. The molecule has 12 heteroatoms. The van der Waals surface area contributed by atoms with Crippen molar-refractivity contribution in [2.45, 2.75) is 64.3 Å². The number of nitrogens with one attached hydrogen (secondary N) is 5. The number of para-hydroxylation sites is 1. The summed E-state index contributed by atoms with van der Waals surface area (Å²) in [4.78, 5) is 63.2. The lowest BCUT2D eigenvalue weighted by Gasteiger charge is -2.21. The summed E-state index contributed by atoms with van der Waals surface area (Å²) in [6.07, 6.45) is 2.06. The number of carboxylic acid groups (broad SMARTS) is 1. The van der Waals surface area contributed by atoms with Gasteiger partial charge in [0.15, 0.2) is 0 Å². The Balaban J connectivity index is 1.83. The van der Waals surface area contributed by atoms with Gasteiger partial charge < -0.3 is 37.1 Å². The van der Waals surface area contributed by atoms with E-state index >= 15 is 0 Å². The highest BCUT2D eigenvalue weighted by molar-refractivity contribution is 5.95. The van der Waals surface area contributed by atoms with Crippen molar-refractivity contribution in [3.63, 3.8) is 0 Å². The van der Waals surface area contributed by atoms with Crippen LogP contribution in [0.2, 0.25) is 0 Å². The Morgan fingerprint density at radius 3 is 1.77 bits per heavy atom. The van der Waals surface area contributed by atoms with Crippen LogP contribution in [0.4, 0.5) is 0 Å². The standard InChI is InChI=1S/C23H32N6O6/c1-11(19(30)27-12(2)21(32)29-14(4)23(34)35)26-20(31)13(3)28-22(33)17(24)9-15-10-25-18-8-6-5-7-16(15)18/h5-8,10-14,17,25H,9,24H2,1-4H3,(H,26,31)(H,27,30)(H,28,33)(H,29,32)(H,34,35)/t11-,12-,13-,14-,17-/m0/s1. The van der Waals surface area contributed by atoms with Gasteiger partial charge in [-0.25, -0.2) is 0 Å². The van der Waals surface area contributed by atoms with Crippen LogP contribution in [0.1, 0.15) is 33.3 Å². The van der Waals surface area contributed by atoms with Gasteiger partial charge in [-0.05, 0) is 45.7 Å². The van der Waals surface area contributed by atoms with Crippen LogP contribution in [0, 0.1) is 0 Å². The van der Waals surface area contributed by atoms with Crippen LogP contribution < -0.4 is 27.0 Å². The van der Waals surface area contributed by atoms with Gasteiger partial charge in [-0.15, -0.1) is 0 Å². The summed E-state index contributed by atoms with van der Waals surface area (Å²) in [7, 11) is 0.